The molecule has 0 amide bonds. The van der Waals surface area contributed by atoms with Gasteiger partial charge in [0.2, 0.25) is 0 Å². The molecule has 0 saturated carbocycles. The van der Waals surface area contributed by atoms with E-state index in [1.54, 1.807) is 0 Å². The average Bonchev–Trinajstić information content (AvgIpc) is 3.86. The fourth-order valence-corrected chi connectivity index (χ4v) is 30.3. The van der Waals surface area contributed by atoms with Crippen LogP contribution < -0.4 is 11.1 Å². The summed E-state index contributed by atoms with van der Waals surface area (Å²) in [7, 11) is -10.9. The first kappa shape index (κ1) is 58.8. The lowest BCUT2D eigenvalue weighted by Crippen LogP contribution is -2.57. The summed E-state index contributed by atoms with van der Waals surface area (Å²) in [5, 5.41) is 65.6. The first-order chi connectivity index (χ1) is 25.4. The van der Waals surface area contributed by atoms with Gasteiger partial charge in [0.25, 0.3) is 0 Å². The van der Waals surface area contributed by atoms with Crippen LogP contribution in [0.5, 0.6) is 0 Å². The maximum atomic E-state index is 10.0. The Morgan fingerprint density at radius 1 is 0.607 bits per heavy atom. The van der Waals surface area contributed by atoms with E-state index in [4.69, 9.17) is 51.7 Å². The van der Waals surface area contributed by atoms with E-state index >= 15 is 0 Å². The normalized spacial score (nSPS) is 16.5. The number of aliphatic hydroxyl groups is 7. The fraction of sp³-hybridized carbons (Fsp3) is 1.00. The van der Waals surface area contributed by atoms with Gasteiger partial charge in [-0.25, -0.2) is 0 Å². The number of epoxide rings is 1. The molecule has 1 heterocycles. The molecule has 1 saturated heterocycles. The fourth-order valence-electron chi connectivity index (χ4n) is 5.29. The van der Waals surface area contributed by atoms with Crippen molar-refractivity contribution < 1.29 is 66.4 Å². The van der Waals surface area contributed by atoms with E-state index in [1.165, 1.54) is 0 Å². The summed E-state index contributed by atoms with van der Waals surface area (Å²) in [5.41, 5.74) is 2.74. The quantitative estimate of drug-likeness (QED) is 0.0296. The van der Waals surface area contributed by atoms with Crippen molar-refractivity contribution >= 4 is 50.4 Å². The van der Waals surface area contributed by atoms with E-state index in [9.17, 15) is 20.4 Å². The zero-order chi connectivity index (χ0) is 44.1. The number of aliphatic hydroxyl groups excluding tert-OH is 7. The summed E-state index contributed by atoms with van der Waals surface area (Å²) in [5.74, 6) is 0. The van der Waals surface area contributed by atoms with Crippen molar-refractivity contribution in [1.29, 1.82) is 0 Å². The van der Waals surface area contributed by atoms with E-state index < -0.39 is 107 Å². The largest absolute Gasteiger partial charge is 0.437 e. The molecule has 0 bridgehead atoms. The molecule has 2 unspecified atom stereocenters. The highest BCUT2D eigenvalue weighted by Crippen LogP contribution is 2.27. The molecule has 2 atom stereocenters. The Bertz CT molecular complexity index is 955. The van der Waals surface area contributed by atoms with Gasteiger partial charge in [0, 0.05) is 19.8 Å². The molecule has 22 heteroatoms. The first-order valence-electron chi connectivity index (χ1n) is 19.8. The lowest BCUT2D eigenvalue weighted by Gasteiger charge is -2.38. The van der Waals surface area contributed by atoms with Crippen molar-refractivity contribution in [1.82, 2.24) is 5.32 Å². The minimum atomic E-state index is -2.27. The molecule has 10 N–H and O–H groups in total. The van der Waals surface area contributed by atoms with Crippen molar-refractivity contribution in [2.45, 2.75) is 140 Å². The number of hydrogen-bond donors (Lipinski definition) is 9. The molecule has 0 aromatic rings. The summed E-state index contributed by atoms with van der Waals surface area (Å²) in [6.07, 6.45) is 1.37. The second-order valence-corrected chi connectivity index (χ2v) is 44.8. The molecule has 0 radical (unpaired) electrons. The number of nitrogens with two attached hydrogens (primary N) is 1. The van der Waals surface area contributed by atoms with E-state index in [0.29, 0.717) is 12.7 Å². The first-order valence-corrected chi connectivity index (χ1v) is 38.5. The van der Waals surface area contributed by atoms with Crippen LogP contribution >= 0.6 is 0 Å². The van der Waals surface area contributed by atoms with Gasteiger partial charge in [-0.1, -0.05) is 0 Å². The van der Waals surface area contributed by atoms with Gasteiger partial charge in [-0.3, -0.25) is 0 Å². The zero-order valence-corrected chi connectivity index (χ0v) is 43.5. The van der Waals surface area contributed by atoms with E-state index in [2.05, 4.69) is 97.0 Å². The topological polar surface area (TPSA) is 248 Å². The highest BCUT2D eigenvalue weighted by molar-refractivity contribution is 6.88. The van der Waals surface area contributed by atoms with Gasteiger partial charge in [-0.2, -0.15) is 0 Å². The molecule has 1 aliphatic heterocycles. The minimum Gasteiger partial charge on any atom is -0.437 e. The lowest BCUT2D eigenvalue weighted by atomic mass is 10.0. The molecule has 1 fully saturated rings. The highest BCUT2D eigenvalue weighted by atomic mass is 28.5. The zero-order valence-electron chi connectivity index (χ0n) is 37.5. The number of ether oxygens (including phenoxy) is 3. The Kier molecular flexibility index (Phi) is 28.2. The van der Waals surface area contributed by atoms with Crippen LogP contribution in [-0.2, 0) is 30.7 Å². The van der Waals surface area contributed by atoms with Crippen LogP contribution in [0.4, 0.5) is 0 Å². The number of β-amino-alcohol motifs (C(OH)–C–C–N with tert-alkyl or cyclic N) is 1. The van der Waals surface area contributed by atoms with Crippen molar-refractivity contribution in [2.75, 3.05) is 79.2 Å². The molecule has 1 rings (SSSR count). The monoisotopic (exact) mass is 914 g/mol. The third-order valence-electron chi connectivity index (χ3n) is 7.51. The Morgan fingerprint density at radius 2 is 0.946 bits per heavy atom. The van der Waals surface area contributed by atoms with Gasteiger partial charge in [0.05, 0.1) is 76.6 Å². The van der Waals surface area contributed by atoms with Crippen molar-refractivity contribution in [3.05, 3.63) is 0 Å². The summed E-state index contributed by atoms with van der Waals surface area (Å²) in [6.45, 7) is 31.5. The van der Waals surface area contributed by atoms with Crippen LogP contribution in [0.3, 0.4) is 0 Å². The molecule has 1 aliphatic rings. The molecular weight excluding hydrogens is 829 g/mol. The molecule has 56 heavy (non-hydrogen) atoms. The smallest absolute Gasteiger partial charge is 0.314 e. The van der Waals surface area contributed by atoms with Crippen LogP contribution in [-0.4, -0.2) is 189 Å². The predicted octanol–water partition coefficient (Wildman–Crippen LogP) is 2.06. The van der Waals surface area contributed by atoms with E-state index in [1.807, 2.05) is 0 Å². The summed E-state index contributed by atoms with van der Waals surface area (Å²) in [4.78, 5) is 0. The van der Waals surface area contributed by atoms with Crippen LogP contribution in [0.15, 0.2) is 0 Å². The van der Waals surface area contributed by atoms with Gasteiger partial charge >= 0.3 is 17.1 Å². The van der Waals surface area contributed by atoms with Crippen LogP contribution in [0.25, 0.3) is 0 Å². The summed E-state index contributed by atoms with van der Waals surface area (Å²) in [6, 6.07) is 1.87. The third kappa shape index (κ3) is 32.4. The molecule has 16 nitrogen and oxygen atoms in total. The van der Waals surface area contributed by atoms with Gasteiger partial charge in [-0.15, -0.1) is 0 Å². The highest BCUT2D eigenvalue weighted by Gasteiger charge is 2.41. The minimum absolute atomic E-state index is 0.103. The SMILES string of the molecule is C[Si](C)(C)O[Si](C)(CCCOCC(O)CNC(CO)(CO)CO)O[Si](C)(C)C.C[Si](C)(C)O[Si](C)(CCCOCC1CO1)O[Si](C)(C)C.NC(CO)(CO)CO. The second-order valence-electron chi connectivity index (χ2n) is 19.1. The summed E-state index contributed by atoms with van der Waals surface area (Å²) < 4.78 is 42.1. The van der Waals surface area contributed by atoms with Crippen LogP contribution in [0.2, 0.25) is 104 Å². The van der Waals surface area contributed by atoms with Crippen LogP contribution in [0, 0.1) is 0 Å². The second kappa shape index (κ2) is 26.9. The third-order valence-corrected chi connectivity index (χ3v) is 26.7. The maximum Gasteiger partial charge on any atom is 0.314 e. The Morgan fingerprint density at radius 3 is 1.21 bits per heavy atom. The molecular formula is C34H86N2O14Si6. The Labute approximate surface area is 345 Å². The van der Waals surface area contributed by atoms with Crippen molar-refractivity contribution in [2.24, 2.45) is 5.73 Å². The van der Waals surface area contributed by atoms with Crippen molar-refractivity contribution in [3.8, 4) is 0 Å². The van der Waals surface area contributed by atoms with Gasteiger partial charge < -0.3 is 77.5 Å². The van der Waals surface area contributed by atoms with Crippen molar-refractivity contribution in [3.63, 3.8) is 0 Å². The van der Waals surface area contributed by atoms with Gasteiger partial charge in [-0.05, 0) is 117 Å². The molecule has 0 aromatic carbocycles. The van der Waals surface area contributed by atoms with Crippen LogP contribution in [0.1, 0.15) is 12.8 Å². The van der Waals surface area contributed by atoms with E-state index in [0.717, 1.165) is 44.8 Å². The van der Waals surface area contributed by atoms with Gasteiger partial charge in [0.1, 0.15) is 6.10 Å². The van der Waals surface area contributed by atoms with E-state index in [-0.39, 0.29) is 13.2 Å². The lowest BCUT2D eigenvalue weighted by molar-refractivity contribution is 0.00835. The standard InChI is InChI=1S/C17H43NO7Si3.C13H32O4Si3.C4H11NO3/c1-26(2,3)24-28(7,25-27(4,5)6)10-8-9-23-12-16(22)11-18-17(13-19,14-20)15-21;1-18(2,3)16-20(7,17-19(4,5)6)10-8-9-14-11-13-12-15-13;5-4(1-6,2-7)3-8/h16,18-22H,8-15H2,1-7H3;13H,8-12H2,1-7H3;6-8H,1-3,5H2. The average molecular weight is 916 g/mol. The number of hydrogen-bond acceptors (Lipinski definition) is 16. The molecule has 0 aliphatic carbocycles. The predicted molar refractivity (Wildman–Crippen MR) is 237 cm³/mol. The Hall–Kier alpha value is 0.661. The van der Waals surface area contributed by atoms with Gasteiger partial charge in [0.15, 0.2) is 33.3 Å². The summed E-state index contributed by atoms with van der Waals surface area (Å²) >= 11 is 0. The molecule has 340 valence electrons. The number of nitrogens with one attached hydrogen (secondary N) is 1. The molecule has 0 aromatic heterocycles. The number of rotatable bonds is 29. The Balaban J connectivity index is 0. The maximum absolute atomic E-state index is 10.0. The molecule has 0 spiro atoms.